The number of carbonyl (C=O) groups excluding carboxylic acids is 1. The molecule has 1 atom stereocenters. The fourth-order valence-corrected chi connectivity index (χ4v) is 3.25. The number of aliphatic hydroxyl groups excluding tert-OH is 1. The third kappa shape index (κ3) is 2.84. The Balaban J connectivity index is 2.53. The lowest BCUT2D eigenvalue weighted by Crippen LogP contribution is -2.34. The van der Waals surface area contributed by atoms with Crippen molar-refractivity contribution in [3.8, 4) is 0 Å². The van der Waals surface area contributed by atoms with Crippen molar-refractivity contribution in [1.82, 2.24) is 15.5 Å². The standard InChI is InChI=1S/C14H20N4O2S/c1-4-8-9(5-2)17-18-14-10(8)11(15)12(21-14)13(20)16-7(3)6-19/h7,19H,4-6,15H2,1-3H3,(H,16,20). The number of aryl methyl sites for hydroxylation is 2. The zero-order chi connectivity index (χ0) is 15.6. The first kappa shape index (κ1) is 15.7. The molecule has 0 aromatic carbocycles. The molecule has 2 rings (SSSR count). The zero-order valence-corrected chi connectivity index (χ0v) is 13.3. The van der Waals surface area contributed by atoms with E-state index < -0.39 is 0 Å². The summed E-state index contributed by atoms with van der Waals surface area (Å²) in [6.07, 6.45) is 1.58. The highest BCUT2D eigenvalue weighted by molar-refractivity contribution is 7.21. The number of carbonyl (C=O) groups is 1. The quantitative estimate of drug-likeness (QED) is 0.777. The van der Waals surface area contributed by atoms with Gasteiger partial charge in [-0.15, -0.1) is 16.4 Å². The van der Waals surface area contributed by atoms with E-state index in [-0.39, 0.29) is 18.6 Å². The number of hydrogen-bond acceptors (Lipinski definition) is 6. The van der Waals surface area contributed by atoms with Crippen molar-refractivity contribution in [3.05, 3.63) is 16.1 Å². The molecule has 1 unspecified atom stereocenters. The molecule has 0 saturated heterocycles. The Morgan fingerprint density at radius 2 is 2.10 bits per heavy atom. The lowest BCUT2D eigenvalue weighted by Gasteiger charge is -2.10. The number of nitrogens with one attached hydrogen (secondary N) is 1. The predicted octanol–water partition coefficient (Wildman–Crippen LogP) is 1.51. The van der Waals surface area contributed by atoms with E-state index in [2.05, 4.69) is 15.5 Å². The van der Waals surface area contributed by atoms with Crippen LogP contribution >= 0.6 is 11.3 Å². The van der Waals surface area contributed by atoms with Gasteiger partial charge in [-0.25, -0.2) is 0 Å². The van der Waals surface area contributed by atoms with Crippen molar-refractivity contribution in [2.45, 2.75) is 39.7 Å². The molecule has 0 aliphatic heterocycles. The van der Waals surface area contributed by atoms with Crippen molar-refractivity contribution in [1.29, 1.82) is 0 Å². The number of nitrogen functional groups attached to an aromatic ring is 1. The fourth-order valence-electron chi connectivity index (χ4n) is 2.27. The summed E-state index contributed by atoms with van der Waals surface area (Å²) >= 11 is 1.24. The van der Waals surface area contributed by atoms with Crippen LogP contribution in [0.15, 0.2) is 0 Å². The van der Waals surface area contributed by atoms with Crippen LogP contribution < -0.4 is 11.1 Å². The third-order valence-electron chi connectivity index (χ3n) is 3.38. The average Bonchev–Trinajstić information content (AvgIpc) is 2.83. The molecule has 0 fully saturated rings. The van der Waals surface area contributed by atoms with Crippen molar-refractivity contribution in [2.75, 3.05) is 12.3 Å². The van der Waals surface area contributed by atoms with Gasteiger partial charge in [-0.1, -0.05) is 13.8 Å². The molecular formula is C14H20N4O2S. The molecule has 4 N–H and O–H groups in total. The Hall–Kier alpha value is -1.73. The maximum absolute atomic E-state index is 12.2. The number of aliphatic hydroxyl groups is 1. The molecule has 2 aromatic heterocycles. The summed E-state index contributed by atoms with van der Waals surface area (Å²) in [7, 11) is 0. The normalized spacial score (nSPS) is 12.6. The summed E-state index contributed by atoms with van der Waals surface area (Å²) in [5, 5.41) is 21.0. The lowest BCUT2D eigenvalue weighted by molar-refractivity contribution is 0.0927. The maximum atomic E-state index is 12.2. The molecule has 21 heavy (non-hydrogen) atoms. The summed E-state index contributed by atoms with van der Waals surface area (Å²) in [4.78, 5) is 13.3. The molecule has 0 saturated carbocycles. The van der Waals surface area contributed by atoms with E-state index in [1.54, 1.807) is 6.92 Å². The van der Waals surface area contributed by atoms with Gasteiger partial charge in [0.05, 0.1) is 18.0 Å². The van der Waals surface area contributed by atoms with Gasteiger partial charge < -0.3 is 16.2 Å². The average molecular weight is 308 g/mol. The van der Waals surface area contributed by atoms with Gasteiger partial charge >= 0.3 is 0 Å². The van der Waals surface area contributed by atoms with Gasteiger partial charge in [-0.05, 0) is 25.3 Å². The van der Waals surface area contributed by atoms with E-state index in [0.717, 1.165) is 29.5 Å². The van der Waals surface area contributed by atoms with E-state index in [0.29, 0.717) is 15.4 Å². The Labute approximate surface area is 127 Å². The minimum atomic E-state index is -0.315. The SMILES string of the molecule is CCc1nnc2sc(C(=O)NC(C)CO)c(N)c2c1CC. The molecular weight excluding hydrogens is 288 g/mol. The first-order valence-electron chi connectivity index (χ1n) is 7.01. The van der Waals surface area contributed by atoms with Crippen LogP contribution in [0.5, 0.6) is 0 Å². The van der Waals surface area contributed by atoms with Crippen molar-refractivity contribution < 1.29 is 9.90 Å². The minimum absolute atomic E-state index is 0.115. The van der Waals surface area contributed by atoms with Gasteiger partial charge in [0.1, 0.15) is 9.71 Å². The molecule has 0 radical (unpaired) electrons. The fraction of sp³-hybridized carbons (Fsp3) is 0.500. The van der Waals surface area contributed by atoms with Crippen molar-refractivity contribution in [3.63, 3.8) is 0 Å². The highest BCUT2D eigenvalue weighted by atomic mass is 32.1. The van der Waals surface area contributed by atoms with Gasteiger partial charge in [0.25, 0.3) is 5.91 Å². The van der Waals surface area contributed by atoms with E-state index in [1.165, 1.54) is 11.3 Å². The zero-order valence-electron chi connectivity index (χ0n) is 12.4. The predicted molar refractivity (Wildman–Crippen MR) is 84.6 cm³/mol. The first-order chi connectivity index (χ1) is 10.0. The van der Waals surface area contributed by atoms with Gasteiger partial charge in [-0.3, -0.25) is 4.79 Å². The van der Waals surface area contributed by atoms with Crippen LogP contribution in [-0.2, 0) is 12.8 Å². The van der Waals surface area contributed by atoms with Gasteiger partial charge in [0, 0.05) is 11.4 Å². The van der Waals surface area contributed by atoms with E-state index >= 15 is 0 Å². The summed E-state index contributed by atoms with van der Waals surface area (Å²) in [6, 6.07) is -0.315. The highest BCUT2D eigenvalue weighted by Crippen LogP contribution is 2.35. The molecule has 0 spiro atoms. The summed E-state index contributed by atoms with van der Waals surface area (Å²) in [5.74, 6) is -0.280. The Morgan fingerprint density at radius 3 is 2.67 bits per heavy atom. The van der Waals surface area contributed by atoms with Crippen LogP contribution in [-0.4, -0.2) is 33.9 Å². The number of thiophene rings is 1. The Morgan fingerprint density at radius 1 is 1.38 bits per heavy atom. The number of nitrogens with two attached hydrogens (primary N) is 1. The van der Waals surface area contributed by atoms with Gasteiger partial charge in [0.15, 0.2) is 0 Å². The Kier molecular flexibility index (Phi) is 4.74. The molecule has 2 heterocycles. The van der Waals surface area contributed by atoms with Crippen LogP contribution in [0.25, 0.3) is 10.2 Å². The molecule has 1 amide bonds. The molecule has 114 valence electrons. The lowest BCUT2D eigenvalue weighted by atomic mass is 10.1. The van der Waals surface area contributed by atoms with Gasteiger partial charge in [0.2, 0.25) is 0 Å². The molecule has 0 aliphatic rings. The second-order valence-corrected chi connectivity index (χ2v) is 5.91. The number of anilines is 1. The highest BCUT2D eigenvalue weighted by Gasteiger charge is 2.21. The van der Waals surface area contributed by atoms with Crippen LogP contribution in [0.2, 0.25) is 0 Å². The van der Waals surface area contributed by atoms with E-state index in [1.807, 2.05) is 13.8 Å². The number of hydrogen-bond donors (Lipinski definition) is 3. The molecule has 0 bridgehead atoms. The largest absolute Gasteiger partial charge is 0.397 e. The number of aromatic nitrogens is 2. The third-order valence-corrected chi connectivity index (χ3v) is 4.47. The summed E-state index contributed by atoms with van der Waals surface area (Å²) in [6.45, 7) is 5.68. The first-order valence-corrected chi connectivity index (χ1v) is 7.83. The van der Waals surface area contributed by atoms with Gasteiger partial charge in [-0.2, -0.15) is 5.10 Å². The van der Waals surface area contributed by atoms with Crippen LogP contribution in [0.1, 0.15) is 41.7 Å². The second kappa shape index (κ2) is 6.36. The number of amides is 1. The van der Waals surface area contributed by atoms with Crippen LogP contribution in [0.3, 0.4) is 0 Å². The number of fused-ring (bicyclic) bond motifs is 1. The topological polar surface area (TPSA) is 101 Å². The second-order valence-electron chi connectivity index (χ2n) is 4.91. The molecule has 2 aromatic rings. The van der Waals surface area contributed by atoms with E-state index in [4.69, 9.17) is 10.8 Å². The number of nitrogens with zero attached hydrogens (tertiary/aromatic N) is 2. The minimum Gasteiger partial charge on any atom is -0.397 e. The molecule has 0 aliphatic carbocycles. The Bertz CT molecular complexity index is 669. The summed E-state index contributed by atoms with van der Waals surface area (Å²) < 4.78 is 0. The van der Waals surface area contributed by atoms with Crippen molar-refractivity contribution >= 4 is 33.1 Å². The van der Waals surface area contributed by atoms with Crippen molar-refractivity contribution in [2.24, 2.45) is 0 Å². The number of rotatable bonds is 5. The molecule has 6 nitrogen and oxygen atoms in total. The maximum Gasteiger partial charge on any atom is 0.263 e. The van der Waals surface area contributed by atoms with Crippen LogP contribution in [0.4, 0.5) is 5.69 Å². The molecule has 7 heteroatoms. The smallest absolute Gasteiger partial charge is 0.263 e. The summed E-state index contributed by atoms with van der Waals surface area (Å²) in [5.41, 5.74) is 8.62. The van der Waals surface area contributed by atoms with E-state index in [9.17, 15) is 4.79 Å². The van der Waals surface area contributed by atoms with Crippen LogP contribution in [0, 0.1) is 0 Å². The monoisotopic (exact) mass is 308 g/mol.